The molecule has 16 heavy (non-hydrogen) atoms. The maximum absolute atomic E-state index is 11.4. The van der Waals surface area contributed by atoms with Crippen molar-refractivity contribution >= 4 is 12.0 Å². The summed E-state index contributed by atoms with van der Waals surface area (Å²) in [6.45, 7) is 6.66. The molecular formula is C11H20N2O3. The number of carbonyl (C=O) groups is 2. The Morgan fingerprint density at radius 3 is 2.44 bits per heavy atom. The lowest BCUT2D eigenvalue weighted by molar-refractivity contribution is -0.139. The summed E-state index contributed by atoms with van der Waals surface area (Å²) in [5.41, 5.74) is 0.324. The van der Waals surface area contributed by atoms with Crippen molar-refractivity contribution < 1.29 is 14.7 Å². The molecule has 1 unspecified atom stereocenters. The SMILES string of the molecule is CC[C@@H](NC(=O)NCC1CC1(C)C)C(=O)O. The highest BCUT2D eigenvalue weighted by molar-refractivity contribution is 5.82. The van der Waals surface area contributed by atoms with Crippen LogP contribution in [-0.4, -0.2) is 29.7 Å². The van der Waals surface area contributed by atoms with E-state index in [0.717, 1.165) is 6.42 Å². The van der Waals surface area contributed by atoms with Gasteiger partial charge in [0.05, 0.1) is 0 Å². The summed E-state index contributed by atoms with van der Waals surface area (Å²) in [6, 6.07) is -1.19. The van der Waals surface area contributed by atoms with Crippen LogP contribution in [0, 0.1) is 11.3 Å². The summed E-state index contributed by atoms with van der Waals surface area (Å²) >= 11 is 0. The first-order chi connectivity index (χ1) is 7.36. The number of urea groups is 1. The maximum Gasteiger partial charge on any atom is 0.326 e. The number of rotatable bonds is 5. The van der Waals surface area contributed by atoms with Gasteiger partial charge in [0.1, 0.15) is 6.04 Å². The molecule has 1 rings (SSSR count). The van der Waals surface area contributed by atoms with Crippen LogP contribution in [0.1, 0.15) is 33.6 Å². The Morgan fingerprint density at radius 2 is 2.06 bits per heavy atom. The van der Waals surface area contributed by atoms with Gasteiger partial charge in [-0.15, -0.1) is 0 Å². The highest BCUT2D eigenvalue weighted by Crippen LogP contribution is 2.50. The fourth-order valence-electron chi connectivity index (χ4n) is 1.69. The van der Waals surface area contributed by atoms with E-state index in [1.807, 2.05) is 0 Å². The third-order valence-corrected chi connectivity index (χ3v) is 3.24. The number of carboxylic acids is 1. The van der Waals surface area contributed by atoms with Crippen LogP contribution in [0.15, 0.2) is 0 Å². The third kappa shape index (κ3) is 3.40. The van der Waals surface area contributed by atoms with Crippen molar-refractivity contribution in [3.8, 4) is 0 Å². The first-order valence-corrected chi connectivity index (χ1v) is 5.64. The molecule has 5 nitrogen and oxygen atoms in total. The van der Waals surface area contributed by atoms with Gasteiger partial charge in [-0.05, 0) is 24.2 Å². The number of amides is 2. The molecule has 2 amide bonds. The fraction of sp³-hybridized carbons (Fsp3) is 0.818. The second-order valence-corrected chi connectivity index (χ2v) is 5.04. The molecule has 0 radical (unpaired) electrons. The third-order valence-electron chi connectivity index (χ3n) is 3.24. The van der Waals surface area contributed by atoms with Crippen molar-refractivity contribution in [3.05, 3.63) is 0 Å². The molecule has 0 aromatic carbocycles. The van der Waals surface area contributed by atoms with E-state index < -0.39 is 18.0 Å². The highest BCUT2D eigenvalue weighted by Gasteiger charge is 2.45. The predicted molar refractivity (Wildman–Crippen MR) is 60.1 cm³/mol. The second-order valence-electron chi connectivity index (χ2n) is 5.04. The van der Waals surface area contributed by atoms with Gasteiger partial charge >= 0.3 is 12.0 Å². The molecule has 2 atom stereocenters. The van der Waals surface area contributed by atoms with Gasteiger partial charge in [-0.1, -0.05) is 20.8 Å². The van der Waals surface area contributed by atoms with Crippen molar-refractivity contribution in [2.75, 3.05) is 6.54 Å². The predicted octanol–water partition coefficient (Wildman–Crippen LogP) is 1.19. The van der Waals surface area contributed by atoms with Crippen LogP contribution in [0.5, 0.6) is 0 Å². The van der Waals surface area contributed by atoms with Gasteiger partial charge in [0, 0.05) is 6.54 Å². The summed E-state index contributed by atoms with van der Waals surface area (Å²) in [4.78, 5) is 22.1. The molecular weight excluding hydrogens is 208 g/mol. The average molecular weight is 228 g/mol. The summed E-state index contributed by atoms with van der Waals surface area (Å²) < 4.78 is 0. The Labute approximate surface area is 95.6 Å². The Kier molecular flexibility index (Phi) is 3.78. The van der Waals surface area contributed by atoms with Crippen molar-refractivity contribution in [2.45, 2.75) is 39.7 Å². The van der Waals surface area contributed by atoms with E-state index in [2.05, 4.69) is 24.5 Å². The minimum absolute atomic E-state index is 0.324. The molecule has 3 N–H and O–H groups in total. The van der Waals surface area contributed by atoms with E-state index in [1.54, 1.807) is 6.92 Å². The molecule has 5 heteroatoms. The monoisotopic (exact) mass is 228 g/mol. The van der Waals surface area contributed by atoms with E-state index in [0.29, 0.717) is 24.3 Å². The number of aliphatic carboxylic acids is 1. The molecule has 0 aromatic heterocycles. The highest BCUT2D eigenvalue weighted by atomic mass is 16.4. The minimum atomic E-state index is -0.996. The number of carbonyl (C=O) groups excluding carboxylic acids is 1. The summed E-state index contributed by atoms with van der Waals surface area (Å²) in [5, 5.41) is 13.9. The normalized spacial score (nSPS) is 23.3. The van der Waals surface area contributed by atoms with Crippen molar-refractivity contribution in [3.63, 3.8) is 0 Å². The van der Waals surface area contributed by atoms with Gasteiger partial charge in [-0.2, -0.15) is 0 Å². The number of carboxylic acid groups (broad SMARTS) is 1. The van der Waals surface area contributed by atoms with E-state index in [4.69, 9.17) is 5.11 Å². The molecule has 0 heterocycles. The zero-order valence-electron chi connectivity index (χ0n) is 10.0. The standard InChI is InChI=1S/C11H20N2O3/c1-4-8(9(14)15)13-10(16)12-6-7-5-11(7,2)3/h7-8H,4-6H2,1-3H3,(H,14,15)(H2,12,13,16)/t7?,8-/m1/s1. The van der Waals surface area contributed by atoms with Gasteiger partial charge in [0.15, 0.2) is 0 Å². The molecule has 1 aliphatic carbocycles. The summed E-state index contributed by atoms with van der Waals surface area (Å²) in [5.74, 6) is -0.479. The molecule has 1 fully saturated rings. The van der Waals surface area contributed by atoms with Gasteiger partial charge in [-0.25, -0.2) is 9.59 Å². The number of nitrogens with one attached hydrogen (secondary N) is 2. The van der Waals surface area contributed by atoms with Crippen molar-refractivity contribution in [1.29, 1.82) is 0 Å². The van der Waals surface area contributed by atoms with Crippen LogP contribution in [0.25, 0.3) is 0 Å². The summed E-state index contributed by atoms with van der Waals surface area (Å²) in [6.07, 6.45) is 1.50. The number of hydrogen-bond acceptors (Lipinski definition) is 2. The van der Waals surface area contributed by atoms with Crippen LogP contribution < -0.4 is 10.6 Å². The minimum Gasteiger partial charge on any atom is -0.480 e. The van der Waals surface area contributed by atoms with Crippen LogP contribution >= 0.6 is 0 Å². The van der Waals surface area contributed by atoms with Gasteiger partial charge in [0.25, 0.3) is 0 Å². The van der Waals surface area contributed by atoms with Crippen LogP contribution in [-0.2, 0) is 4.79 Å². The first-order valence-electron chi connectivity index (χ1n) is 5.64. The van der Waals surface area contributed by atoms with E-state index in [-0.39, 0.29) is 0 Å². The molecule has 0 aliphatic heterocycles. The van der Waals surface area contributed by atoms with Gasteiger partial charge in [0.2, 0.25) is 0 Å². The fourth-order valence-corrected chi connectivity index (χ4v) is 1.69. The van der Waals surface area contributed by atoms with Gasteiger partial charge in [-0.3, -0.25) is 0 Å². The lowest BCUT2D eigenvalue weighted by Gasteiger charge is -2.13. The average Bonchev–Trinajstić information content (AvgIpc) is 2.79. The molecule has 1 aliphatic rings. The van der Waals surface area contributed by atoms with Crippen LogP contribution in [0.2, 0.25) is 0 Å². The second kappa shape index (κ2) is 4.72. The zero-order chi connectivity index (χ0) is 12.3. The molecule has 0 spiro atoms. The van der Waals surface area contributed by atoms with Crippen LogP contribution in [0.4, 0.5) is 4.79 Å². The van der Waals surface area contributed by atoms with E-state index in [1.165, 1.54) is 0 Å². The smallest absolute Gasteiger partial charge is 0.326 e. The topological polar surface area (TPSA) is 78.4 Å². The Hall–Kier alpha value is -1.26. The molecule has 92 valence electrons. The Morgan fingerprint density at radius 1 is 1.50 bits per heavy atom. The van der Waals surface area contributed by atoms with E-state index >= 15 is 0 Å². The molecule has 1 saturated carbocycles. The molecule has 0 saturated heterocycles. The van der Waals surface area contributed by atoms with Crippen molar-refractivity contribution in [1.82, 2.24) is 10.6 Å². The summed E-state index contributed by atoms with van der Waals surface area (Å²) in [7, 11) is 0. The Bertz CT molecular complexity index is 289. The maximum atomic E-state index is 11.4. The largest absolute Gasteiger partial charge is 0.480 e. The Balaban J connectivity index is 2.23. The van der Waals surface area contributed by atoms with E-state index in [9.17, 15) is 9.59 Å². The molecule has 0 aromatic rings. The lowest BCUT2D eigenvalue weighted by atomic mass is 10.1. The quantitative estimate of drug-likeness (QED) is 0.661. The van der Waals surface area contributed by atoms with Crippen molar-refractivity contribution in [2.24, 2.45) is 11.3 Å². The number of hydrogen-bond donors (Lipinski definition) is 3. The molecule has 0 bridgehead atoms. The first kappa shape index (κ1) is 12.8. The van der Waals surface area contributed by atoms with Gasteiger partial charge < -0.3 is 15.7 Å². The lowest BCUT2D eigenvalue weighted by Crippen LogP contribution is -2.46. The zero-order valence-corrected chi connectivity index (χ0v) is 10.0. The van der Waals surface area contributed by atoms with Crippen LogP contribution in [0.3, 0.4) is 0 Å².